The first kappa shape index (κ1) is 10.8. The van der Waals surface area contributed by atoms with Gasteiger partial charge >= 0.3 is 0 Å². The fourth-order valence-corrected chi connectivity index (χ4v) is 1.65. The number of pyridine rings is 1. The van der Waals surface area contributed by atoms with Crippen LogP contribution in [0, 0.1) is 0 Å². The SMILES string of the molecule is COc1ccncc1-c1ccc(N)c(Cl)c1. The molecule has 0 spiro atoms. The lowest BCUT2D eigenvalue weighted by molar-refractivity contribution is 0.416. The smallest absolute Gasteiger partial charge is 0.129 e. The van der Waals surface area contributed by atoms with Crippen LogP contribution in [0.1, 0.15) is 0 Å². The first-order chi connectivity index (χ1) is 7.72. The number of aromatic nitrogens is 1. The fraction of sp³-hybridized carbons (Fsp3) is 0.0833. The first-order valence-electron chi connectivity index (χ1n) is 4.76. The van der Waals surface area contributed by atoms with Crippen LogP contribution in [0.25, 0.3) is 11.1 Å². The van der Waals surface area contributed by atoms with Gasteiger partial charge in [0.15, 0.2) is 0 Å². The van der Waals surface area contributed by atoms with Gasteiger partial charge in [0.05, 0.1) is 17.8 Å². The zero-order chi connectivity index (χ0) is 11.5. The van der Waals surface area contributed by atoms with Crippen LogP contribution < -0.4 is 10.5 Å². The number of hydrogen-bond acceptors (Lipinski definition) is 3. The van der Waals surface area contributed by atoms with Crippen LogP contribution in [0.5, 0.6) is 5.75 Å². The van der Waals surface area contributed by atoms with E-state index < -0.39 is 0 Å². The lowest BCUT2D eigenvalue weighted by Gasteiger charge is -2.08. The van der Waals surface area contributed by atoms with E-state index in [9.17, 15) is 0 Å². The average molecular weight is 235 g/mol. The molecule has 2 rings (SSSR count). The molecule has 0 atom stereocenters. The molecule has 0 aliphatic heterocycles. The minimum Gasteiger partial charge on any atom is -0.496 e. The van der Waals surface area contributed by atoms with Crippen molar-refractivity contribution in [2.24, 2.45) is 0 Å². The molecule has 0 bridgehead atoms. The Bertz CT molecular complexity index is 514. The molecule has 0 amide bonds. The number of nitrogens with zero attached hydrogens (tertiary/aromatic N) is 1. The number of nitrogens with two attached hydrogens (primary N) is 1. The van der Waals surface area contributed by atoms with Crippen LogP contribution in [0.4, 0.5) is 5.69 Å². The molecular formula is C12H11ClN2O. The van der Waals surface area contributed by atoms with E-state index in [0.29, 0.717) is 10.7 Å². The van der Waals surface area contributed by atoms with Crippen LogP contribution >= 0.6 is 11.6 Å². The summed E-state index contributed by atoms with van der Waals surface area (Å²) < 4.78 is 5.26. The van der Waals surface area contributed by atoms with Crippen molar-refractivity contribution in [1.29, 1.82) is 0 Å². The molecule has 0 aliphatic rings. The minimum absolute atomic E-state index is 0.531. The summed E-state index contributed by atoms with van der Waals surface area (Å²) in [5.74, 6) is 0.760. The molecular weight excluding hydrogens is 224 g/mol. The molecule has 2 aromatic rings. The zero-order valence-electron chi connectivity index (χ0n) is 8.77. The second-order valence-electron chi connectivity index (χ2n) is 3.31. The summed E-state index contributed by atoms with van der Waals surface area (Å²) in [6.45, 7) is 0. The summed E-state index contributed by atoms with van der Waals surface area (Å²) in [6, 6.07) is 7.26. The average Bonchev–Trinajstić information content (AvgIpc) is 2.32. The molecule has 0 saturated heterocycles. The van der Waals surface area contributed by atoms with Crippen molar-refractivity contribution in [2.75, 3.05) is 12.8 Å². The molecule has 1 aromatic heterocycles. The normalized spacial score (nSPS) is 10.1. The third-order valence-corrected chi connectivity index (χ3v) is 2.64. The number of halogens is 1. The van der Waals surface area contributed by atoms with Gasteiger partial charge in [-0.15, -0.1) is 0 Å². The highest BCUT2D eigenvalue weighted by atomic mass is 35.5. The van der Waals surface area contributed by atoms with Gasteiger partial charge in [-0.3, -0.25) is 4.98 Å². The van der Waals surface area contributed by atoms with Crippen molar-refractivity contribution in [1.82, 2.24) is 4.98 Å². The standard InChI is InChI=1S/C12H11ClN2O/c1-16-12-4-5-15-7-9(12)8-2-3-11(14)10(13)6-8/h2-7H,14H2,1H3. The maximum Gasteiger partial charge on any atom is 0.129 e. The van der Waals surface area contributed by atoms with Crippen molar-refractivity contribution in [3.8, 4) is 16.9 Å². The Labute approximate surface area is 98.8 Å². The maximum atomic E-state index is 5.97. The van der Waals surface area contributed by atoms with Gasteiger partial charge < -0.3 is 10.5 Å². The summed E-state index contributed by atoms with van der Waals surface area (Å²) in [5, 5.41) is 0.531. The predicted molar refractivity (Wildman–Crippen MR) is 65.6 cm³/mol. The third-order valence-electron chi connectivity index (χ3n) is 2.31. The van der Waals surface area contributed by atoms with Gasteiger partial charge in [-0.05, 0) is 23.8 Å². The highest BCUT2D eigenvalue weighted by Crippen LogP contribution is 2.32. The van der Waals surface area contributed by atoms with Gasteiger partial charge in [0.1, 0.15) is 5.75 Å². The third kappa shape index (κ3) is 1.95. The van der Waals surface area contributed by atoms with E-state index in [1.165, 1.54) is 0 Å². The Morgan fingerprint density at radius 1 is 1.31 bits per heavy atom. The zero-order valence-corrected chi connectivity index (χ0v) is 9.53. The van der Waals surface area contributed by atoms with Gasteiger partial charge in [-0.2, -0.15) is 0 Å². The van der Waals surface area contributed by atoms with Crippen LogP contribution in [0.15, 0.2) is 36.7 Å². The van der Waals surface area contributed by atoms with Crippen molar-refractivity contribution in [2.45, 2.75) is 0 Å². The molecule has 3 nitrogen and oxygen atoms in total. The molecule has 0 aliphatic carbocycles. The van der Waals surface area contributed by atoms with Gasteiger partial charge in [0.2, 0.25) is 0 Å². The molecule has 0 radical (unpaired) electrons. The lowest BCUT2D eigenvalue weighted by Crippen LogP contribution is -1.90. The first-order valence-corrected chi connectivity index (χ1v) is 5.13. The Hall–Kier alpha value is -1.74. The predicted octanol–water partition coefficient (Wildman–Crippen LogP) is 2.99. The van der Waals surface area contributed by atoms with Gasteiger partial charge in [0.25, 0.3) is 0 Å². The second-order valence-corrected chi connectivity index (χ2v) is 3.72. The van der Waals surface area contributed by atoms with Crippen LogP contribution in [0.3, 0.4) is 0 Å². The van der Waals surface area contributed by atoms with Crippen molar-refractivity contribution < 1.29 is 4.74 Å². The van der Waals surface area contributed by atoms with Crippen molar-refractivity contribution in [3.05, 3.63) is 41.7 Å². The molecule has 0 unspecified atom stereocenters. The van der Waals surface area contributed by atoms with Crippen molar-refractivity contribution >= 4 is 17.3 Å². The Morgan fingerprint density at radius 2 is 2.12 bits per heavy atom. The van der Waals surface area contributed by atoms with E-state index in [1.807, 2.05) is 6.07 Å². The number of nitrogen functional groups attached to an aromatic ring is 1. The van der Waals surface area contributed by atoms with E-state index in [2.05, 4.69) is 4.98 Å². The molecule has 1 aromatic carbocycles. The molecule has 0 saturated carbocycles. The second kappa shape index (κ2) is 4.41. The topological polar surface area (TPSA) is 48.1 Å². The maximum absolute atomic E-state index is 5.97. The van der Waals surface area contributed by atoms with E-state index in [1.54, 1.807) is 37.7 Å². The highest BCUT2D eigenvalue weighted by molar-refractivity contribution is 6.33. The van der Waals surface area contributed by atoms with Crippen LogP contribution in [-0.2, 0) is 0 Å². The van der Waals surface area contributed by atoms with Crippen LogP contribution in [0.2, 0.25) is 5.02 Å². The summed E-state index contributed by atoms with van der Waals surface area (Å²) >= 11 is 5.97. The van der Waals surface area contributed by atoms with Crippen LogP contribution in [-0.4, -0.2) is 12.1 Å². The van der Waals surface area contributed by atoms with E-state index in [4.69, 9.17) is 22.1 Å². The summed E-state index contributed by atoms with van der Waals surface area (Å²) in [5.41, 5.74) is 8.05. The summed E-state index contributed by atoms with van der Waals surface area (Å²) in [7, 11) is 1.62. The number of hydrogen-bond donors (Lipinski definition) is 1. The number of benzene rings is 1. The van der Waals surface area contributed by atoms with E-state index >= 15 is 0 Å². The molecule has 1 heterocycles. The largest absolute Gasteiger partial charge is 0.496 e. The molecule has 16 heavy (non-hydrogen) atoms. The number of rotatable bonds is 2. The van der Waals surface area contributed by atoms with Crippen molar-refractivity contribution in [3.63, 3.8) is 0 Å². The Morgan fingerprint density at radius 3 is 2.81 bits per heavy atom. The lowest BCUT2D eigenvalue weighted by atomic mass is 10.1. The summed E-state index contributed by atoms with van der Waals surface area (Å²) in [6.07, 6.45) is 3.42. The molecule has 4 heteroatoms. The molecule has 0 fully saturated rings. The number of ether oxygens (including phenoxy) is 1. The minimum atomic E-state index is 0.531. The quantitative estimate of drug-likeness (QED) is 0.813. The molecule has 82 valence electrons. The van der Waals surface area contributed by atoms with Gasteiger partial charge in [-0.25, -0.2) is 0 Å². The fourth-order valence-electron chi connectivity index (χ4n) is 1.47. The number of methoxy groups -OCH3 is 1. The Balaban J connectivity index is 2.54. The van der Waals surface area contributed by atoms with E-state index in [-0.39, 0.29) is 0 Å². The Kier molecular flexibility index (Phi) is 2.97. The highest BCUT2D eigenvalue weighted by Gasteiger charge is 2.06. The van der Waals surface area contributed by atoms with Gasteiger partial charge in [0, 0.05) is 18.0 Å². The van der Waals surface area contributed by atoms with Gasteiger partial charge in [-0.1, -0.05) is 17.7 Å². The monoisotopic (exact) mass is 234 g/mol. The summed E-state index contributed by atoms with van der Waals surface area (Å²) in [4.78, 5) is 4.07. The number of anilines is 1. The molecule has 2 N–H and O–H groups in total. The van der Waals surface area contributed by atoms with E-state index in [0.717, 1.165) is 16.9 Å².